The van der Waals surface area contributed by atoms with E-state index in [9.17, 15) is 4.79 Å². The van der Waals surface area contributed by atoms with E-state index in [1.54, 1.807) is 6.07 Å². The molecule has 1 aromatic carbocycles. The van der Waals surface area contributed by atoms with Crippen molar-refractivity contribution in [1.82, 2.24) is 0 Å². The van der Waals surface area contributed by atoms with E-state index >= 15 is 0 Å². The van der Waals surface area contributed by atoms with Crippen LogP contribution in [0.15, 0.2) is 18.2 Å². The third-order valence-corrected chi connectivity index (χ3v) is 4.81. The minimum Gasteiger partial charge on any atom is -0.289 e. The van der Waals surface area contributed by atoms with Crippen LogP contribution in [0.2, 0.25) is 5.02 Å². The topological polar surface area (TPSA) is 17.1 Å². The first-order valence-electron chi connectivity index (χ1n) is 6.74. The summed E-state index contributed by atoms with van der Waals surface area (Å²) in [4.78, 5) is 12.3. The van der Waals surface area contributed by atoms with E-state index in [-0.39, 0.29) is 5.52 Å². The summed E-state index contributed by atoms with van der Waals surface area (Å²) in [5.74, 6) is 0.574. The SMILES string of the molecule is Cc1cccc(Cl)c1C(=O)PCC(C)CC(C)(C)C. The first-order chi connectivity index (χ1) is 8.70. The molecular formula is C16H24ClOP. The molecule has 0 aliphatic heterocycles. The molecule has 0 radical (unpaired) electrons. The number of aryl methyl sites for hydroxylation is 1. The lowest BCUT2D eigenvalue weighted by Crippen LogP contribution is -2.13. The molecule has 2 unspecified atom stereocenters. The molecule has 0 bridgehead atoms. The molecule has 0 fully saturated rings. The second-order valence-electron chi connectivity index (χ2n) is 6.51. The molecule has 0 heterocycles. The highest BCUT2D eigenvalue weighted by Crippen LogP contribution is 2.32. The van der Waals surface area contributed by atoms with Gasteiger partial charge in [0.05, 0.1) is 5.02 Å². The van der Waals surface area contributed by atoms with Crippen LogP contribution in [-0.4, -0.2) is 11.7 Å². The average Bonchev–Trinajstić information content (AvgIpc) is 2.23. The van der Waals surface area contributed by atoms with Gasteiger partial charge in [-0.3, -0.25) is 4.79 Å². The Labute approximate surface area is 123 Å². The van der Waals surface area contributed by atoms with Crippen LogP contribution in [-0.2, 0) is 0 Å². The lowest BCUT2D eigenvalue weighted by Gasteiger charge is -2.23. The average molecular weight is 299 g/mol. The zero-order valence-electron chi connectivity index (χ0n) is 12.5. The predicted molar refractivity (Wildman–Crippen MR) is 86.9 cm³/mol. The van der Waals surface area contributed by atoms with E-state index in [2.05, 4.69) is 27.7 Å². The molecule has 0 aliphatic rings. The number of hydrogen-bond donors (Lipinski definition) is 0. The zero-order chi connectivity index (χ0) is 14.6. The molecule has 106 valence electrons. The Hall–Kier alpha value is -0.390. The van der Waals surface area contributed by atoms with Gasteiger partial charge in [0.25, 0.3) is 0 Å². The molecule has 0 aliphatic carbocycles. The summed E-state index contributed by atoms with van der Waals surface area (Å²) in [5.41, 5.74) is 2.22. The number of carbonyl (C=O) groups is 1. The fourth-order valence-corrected chi connectivity index (χ4v) is 3.97. The fourth-order valence-electron chi connectivity index (χ4n) is 2.39. The molecule has 1 aromatic rings. The lowest BCUT2D eigenvalue weighted by molar-refractivity contribution is 0.108. The quantitative estimate of drug-likeness (QED) is 0.652. The van der Waals surface area contributed by atoms with E-state index < -0.39 is 0 Å². The van der Waals surface area contributed by atoms with Crippen LogP contribution in [0.25, 0.3) is 0 Å². The van der Waals surface area contributed by atoms with Crippen LogP contribution in [0.4, 0.5) is 0 Å². The number of halogens is 1. The van der Waals surface area contributed by atoms with Crippen molar-refractivity contribution in [3.63, 3.8) is 0 Å². The maximum atomic E-state index is 12.3. The van der Waals surface area contributed by atoms with Crippen molar-refractivity contribution in [2.24, 2.45) is 11.3 Å². The van der Waals surface area contributed by atoms with Crippen molar-refractivity contribution < 1.29 is 4.79 Å². The summed E-state index contributed by atoms with van der Waals surface area (Å²) in [6.07, 6.45) is 2.11. The number of rotatable bonds is 5. The van der Waals surface area contributed by atoms with E-state index in [4.69, 9.17) is 11.6 Å². The molecule has 1 rings (SSSR count). The Kier molecular flexibility index (Phi) is 6.02. The predicted octanol–water partition coefficient (Wildman–Crippen LogP) is 5.54. The summed E-state index contributed by atoms with van der Waals surface area (Å²) in [6, 6.07) is 5.63. The van der Waals surface area contributed by atoms with Crippen molar-refractivity contribution in [3.05, 3.63) is 34.3 Å². The molecule has 19 heavy (non-hydrogen) atoms. The van der Waals surface area contributed by atoms with Gasteiger partial charge < -0.3 is 0 Å². The highest BCUT2D eigenvalue weighted by molar-refractivity contribution is 7.58. The van der Waals surface area contributed by atoms with E-state index in [0.29, 0.717) is 30.5 Å². The standard InChI is InChI=1S/C16H24ClOP/c1-11(9-16(3,4)5)10-19-15(18)14-12(2)7-6-8-13(14)17/h6-8,11,19H,9-10H2,1-5H3. The van der Waals surface area contributed by atoms with Crippen LogP contribution >= 0.6 is 20.2 Å². The molecule has 0 aromatic heterocycles. The van der Waals surface area contributed by atoms with Gasteiger partial charge in [-0.1, -0.05) is 51.4 Å². The highest BCUT2D eigenvalue weighted by Gasteiger charge is 2.18. The van der Waals surface area contributed by atoms with Crippen LogP contribution in [0.3, 0.4) is 0 Å². The van der Waals surface area contributed by atoms with E-state index in [0.717, 1.165) is 18.1 Å². The van der Waals surface area contributed by atoms with Crippen LogP contribution in [0, 0.1) is 18.3 Å². The number of carbonyl (C=O) groups excluding carboxylic acids is 1. The number of benzene rings is 1. The minimum atomic E-state index is 0.198. The largest absolute Gasteiger partial charge is 0.289 e. The van der Waals surface area contributed by atoms with Gasteiger partial charge in [-0.25, -0.2) is 0 Å². The first-order valence-corrected chi connectivity index (χ1v) is 8.32. The Balaban J connectivity index is 2.61. The summed E-state index contributed by atoms with van der Waals surface area (Å²) < 4.78 is 0. The molecule has 3 heteroatoms. The van der Waals surface area contributed by atoms with Crippen molar-refractivity contribution in [2.75, 3.05) is 6.16 Å². The van der Waals surface area contributed by atoms with Gasteiger partial charge in [0.2, 0.25) is 0 Å². The smallest absolute Gasteiger partial charge is 0.182 e. The Morgan fingerprint density at radius 1 is 1.37 bits per heavy atom. The monoisotopic (exact) mass is 298 g/mol. The molecule has 0 amide bonds. The summed E-state index contributed by atoms with van der Waals surface area (Å²) in [6.45, 7) is 10.9. The van der Waals surface area contributed by atoms with Gasteiger partial charge >= 0.3 is 0 Å². The Bertz CT molecular complexity index is 428. The van der Waals surface area contributed by atoms with E-state index in [1.165, 1.54) is 0 Å². The normalized spacial score (nSPS) is 14.0. The zero-order valence-corrected chi connectivity index (χ0v) is 14.3. The van der Waals surface area contributed by atoms with Gasteiger partial charge in [0, 0.05) is 5.56 Å². The maximum absolute atomic E-state index is 12.3. The van der Waals surface area contributed by atoms with E-state index in [1.807, 2.05) is 19.1 Å². The molecule has 0 spiro atoms. The fraction of sp³-hybridized carbons (Fsp3) is 0.562. The lowest BCUT2D eigenvalue weighted by atomic mass is 9.86. The second-order valence-corrected chi connectivity index (χ2v) is 8.13. The Morgan fingerprint density at radius 3 is 2.53 bits per heavy atom. The van der Waals surface area contributed by atoms with Gasteiger partial charge in [-0.2, -0.15) is 0 Å². The summed E-state index contributed by atoms with van der Waals surface area (Å²) >= 11 is 6.13. The third kappa shape index (κ3) is 5.63. The third-order valence-electron chi connectivity index (χ3n) is 3.02. The summed E-state index contributed by atoms with van der Waals surface area (Å²) in [5, 5.41) is 0.584. The molecular weight excluding hydrogens is 275 g/mol. The highest BCUT2D eigenvalue weighted by atomic mass is 35.5. The van der Waals surface area contributed by atoms with Gasteiger partial charge in [0.1, 0.15) is 0 Å². The molecule has 2 atom stereocenters. The van der Waals surface area contributed by atoms with Crippen LogP contribution in [0.5, 0.6) is 0 Å². The van der Waals surface area contributed by atoms with Crippen molar-refractivity contribution in [2.45, 2.75) is 41.0 Å². The minimum absolute atomic E-state index is 0.198. The molecule has 0 saturated carbocycles. The number of hydrogen-bond acceptors (Lipinski definition) is 1. The Morgan fingerprint density at radius 2 is 2.00 bits per heavy atom. The first kappa shape index (κ1) is 16.7. The van der Waals surface area contributed by atoms with Crippen LogP contribution < -0.4 is 0 Å². The second kappa shape index (κ2) is 6.86. The maximum Gasteiger partial charge on any atom is 0.182 e. The molecule has 0 saturated heterocycles. The van der Waals surface area contributed by atoms with Gasteiger partial charge in [-0.05, 0) is 51.0 Å². The summed E-state index contributed by atoms with van der Waals surface area (Å²) in [7, 11) is 0.319. The van der Waals surface area contributed by atoms with Gasteiger partial charge in [0.15, 0.2) is 5.52 Å². The van der Waals surface area contributed by atoms with Crippen molar-refractivity contribution in [3.8, 4) is 0 Å². The van der Waals surface area contributed by atoms with Crippen molar-refractivity contribution in [1.29, 1.82) is 0 Å². The molecule has 1 nitrogen and oxygen atoms in total. The van der Waals surface area contributed by atoms with Crippen LogP contribution in [0.1, 0.15) is 50.0 Å². The molecule has 0 N–H and O–H groups in total. The van der Waals surface area contributed by atoms with Crippen molar-refractivity contribution >= 4 is 25.7 Å². The van der Waals surface area contributed by atoms with Gasteiger partial charge in [-0.15, -0.1) is 0 Å².